The van der Waals surface area contributed by atoms with E-state index in [0.29, 0.717) is 22.2 Å². The molecule has 1 rings (SSSR count). The minimum absolute atomic E-state index is 0.0985. The zero-order chi connectivity index (χ0) is 10.6. The highest BCUT2D eigenvalue weighted by atomic mass is 35.5. The molecule has 0 aromatic heterocycles. The first kappa shape index (κ1) is 11.8. The van der Waals surface area contributed by atoms with Crippen molar-refractivity contribution in [2.45, 2.75) is 16.8 Å². The van der Waals surface area contributed by atoms with Crippen LogP contribution in [0, 0.1) is 0 Å². The summed E-state index contributed by atoms with van der Waals surface area (Å²) in [5.74, 6) is -2.32. The zero-order valence-electron chi connectivity index (χ0n) is 7.16. The Morgan fingerprint density at radius 1 is 1.29 bits per heavy atom. The standard InChI is InChI=1S/C9H9ClF2OS/c10-5-8(13)6-1-3-7(4-2-6)14-9(11)12/h1-4,8-9,13H,5H2. The molecule has 1 aromatic rings. The van der Waals surface area contributed by atoms with Crippen LogP contribution in [0.3, 0.4) is 0 Å². The van der Waals surface area contributed by atoms with Gasteiger partial charge in [0.2, 0.25) is 0 Å². The number of hydrogen-bond acceptors (Lipinski definition) is 2. The summed E-state index contributed by atoms with van der Waals surface area (Å²) in [5.41, 5.74) is 0.638. The Morgan fingerprint density at radius 3 is 2.29 bits per heavy atom. The third-order valence-electron chi connectivity index (χ3n) is 1.64. The van der Waals surface area contributed by atoms with Crippen LogP contribution in [0.25, 0.3) is 0 Å². The van der Waals surface area contributed by atoms with Crippen molar-refractivity contribution in [3.63, 3.8) is 0 Å². The largest absolute Gasteiger partial charge is 0.387 e. The molecule has 0 heterocycles. The fourth-order valence-corrected chi connectivity index (χ4v) is 1.64. The predicted octanol–water partition coefficient (Wildman–Crippen LogP) is 3.27. The minimum atomic E-state index is -2.42. The van der Waals surface area contributed by atoms with Gasteiger partial charge in [-0.1, -0.05) is 23.9 Å². The molecule has 0 radical (unpaired) electrons. The van der Waals surface area contributed by atoms with E-state index in [9.17, 15) is 13.9 Å². The lowest BCUT2D eigenvalue weighted by Crippen LogP contribution is -1.97. The number of thioether (sulfide) groups is 1. The quantitative estimate of drug-likeness (QED) is 0.642. The summed E-state index contributed by atoms with van der Waals surface area (Å²) in [7, 11) is 0. The predicted molar refractivity (Wildman–Crippen MR) is 54.0 cm³/mol. The van der Waals surface area contributed by atoms with Gasteiger partial charge in [-0.25, -0.2) is 0 Å². The molecule has 1 nitrogen and oxygen atoms in total. The fraction of sp³-hybridized carbons (Fsp3) is 0.333. The van der Waals surface area contributed by atoms with Gasteiger partial charge in [-0.3, -0.25) is 0 Å². The molecule has 0 aliphatic carbocycles. The SMILES string of the molecule is OC(CCl)c1ccc(SC(F)F)cc1. The molecule has 0 bridgehead atoms. The summed E-state index contributed by atoms with van der Waals surface area (Å²) < 4.78 is 23.9. The van der Waals surface area contributed by atoms with Gasteiger partial charge in [0.25, 0.3) is 5.76 Å². The maximum Gasteiger partial charge on any atom is 0.288 e. The van der Waals surface area contributed by atoms with Gasteiger partial charge in [0.1, 0.15) is 0 Å². The van der Waals surface area contributed by atoms with E-state index in [4.69, 9.17) is 11.6 Å². The number of aliphatic hydroxyl groups is 1. The van der Waals surface area contributed by atoms with Gasteiger partial charge in [0.05, 0.1) is 12.0 Å². The molecule has 1 N–H and O–H groups in total. The van der Waals surface area contributed by atoms with Crippen LogP contribution < -0.4 is 0 Å². The molecule has 0 amide bonds. The molecule has 0 saturated heterocycles. The van der Waals surface area contributed by atoms with E-state index < -0.39 is 11.9 Å². The molecular weight excluding hydrogens is 230 g/mol. The van der Waals surface area contributed by atoms with E-state index in [1.54, 1.807) is 24.3 Å². The van der Waals surface area contributed by atoms with Crippen molar-refractivity contribution < 1.29 is 13.9 Å². The van der Waals surface area contributed by atoms with Crippen LogP contribution in [-0.2, 0) is 0 Å². The molecule has 0 spiro atoms. The Bertz CT molecular complexity index is 279. The molecule has 0 aliphatic heterocycles. The first-order chi connectivity index (χ1) is 6.63. The highest BCUT2D eigenvalue weighted by Gasteiger charge is 2.07. The second-order valence-corrected chi connectivity index (χ2v) is 3.99. The van der Waals surface area contributed by atoms with E-state index in [1.807, 2.05) is 0 Å². The Labute approximate surface area is 90.1 Å². The summed E-state index contributed by atoms with van der Waals surface area (Å²) in [4.78, 5) is 0.477. The second kappa shape index (κ2) is 5.53. The Morgan fingerprint density at radius 2 is 1.86 bits per heavy atom. The normalized spacial score (nSPS) is 13.2. The first-order valence-corrected chi connectivity index (χ1v) is 5.33. The molecule has 5 heteroatoms. The number of rotatable bonds is 4. The number of benzene rings is 1. The summed E-state index contributed by atoms with van der Waals surface area (Å²) in [5, 5.41) is 9.32. The first-order valence-electron chi connectivity index (χ1n) is 3.92. The van der Waals surface area contributed by atoms with Crippen LogP contribution in [-0.4, -0.2) is 16.7 Å². The van der Waals surface area contributed by atoms with Gasteiger partial charge in [-0.05, 0) is 17.7 Å². The maximum atomic E-state index is 11.9. The lowest BCUT2D eigenvalue weighted by atomic mass is 10.1. The molecule has 78 valence electrons. The van der Waals surface area contributed by atoms with E-state index >= 15 is 0 Å². The maximum absolute atomic E-state index is 11.9. The van der Waals surface area contributed by atoms with E-state index in [2.05, 4.69) is 0 Å². The Hall–Kier alpha value is -0.320. The molecule has 0 saturated carbocycles. The molecule has 1 aromatic carbocycles. The number of alkyl halides is 3. The number of aliphatic hydroxyl groups excluding tert-OH is 1. The van der Waals surface area contributed by atoms with Crippen LogP contribution in [0.2, 0.25) is 0 Å². The van der Waals surface area contributed by atoms with Crippen LogP contribution in [0.4, 0.5) is 8.78 Å². The van der Waals surface area contributed by atoms with Crippen molar-refractivity contribution in [2.24, 2.45) is 0 Å². The molecule has 1 unspecified atom stereocenters. The van der Waals surface area contributed by atoms with Crippen molar-refractivity contribution >= 4 is 23.4 Å². The van der Waals surface area contributed by atoms with Crippen molar-refractivity contribution in [2.75, 3.05) is 5.88 Å². The Kier molecular flexibility index (Phi) is 4.65. The third-order valence-corrected chi connectivity index (χ3v) is 2.65. The monoisotopic (exact) mass is 238 g/mol. The smallest absolute Gasteiger partial charge is 0.288 e. The van der Waals surface area contributed by atoms with Crippen molar-refractivity contribution in [3.8, 4) is 0 Å². The molecular formula is C9H9ClF2OS. The van der Waals surface area contributed by atoms with Crippen LogP contribution >= 0.6 is 23.4 Å². The summed E-state index contributed by atoms with van der Waals surface area (Å²) >= 11 is 5.91. The van der Waals surface area contributed by atoms with Gasteiger partial charge in [0, 0.05) is 4.90 Å². The highest BCUT2D eigenvalue weighted by Crippen LogP contribution is 2.26. The molecule has 14 heavy (non-hydrogen) atoms. The topological polar surface area (TPSA) is 20.2 Å². The summed E-state index contributed by atoms with van der Waals surface area (Å²) in [6.45, 7) is 0. The van der Waals surface area contributed by atoms with Gasteiger partial charge in [-0.15, -0.1) is 11.6 Å². The fourth-order valence-electron chi connectivity index (χ4n) is 0.961. The summed E-state index contributed by atoms with van der Waals surface area (Å²) in [6.07, 6.45) is -0.734. The number of halogens is 3. The molecule has 0 fully saturated rings. The van der Waals surface area contributed by atoms with Crippen molar-refractivity contribution in [1.82, 2.24) is 0 Å². The van der Waals surface area contributed by atoms with Crippen LogP contribution in [0.1, 0.15) is 11.7 Å². The lowest BCUT2D eigenvalue weighted by molar-refractivity contribution is 0.202. The van der Waals surface area contributed by atoms with Crippen LogP contribution in [0.5, 0.6) is 0 Å². The lowest BCUT2D eigenvalue weighted by Gasteiger charge is -2.07. The summed E-state index contributed by atoms with van der Waals surface area (Å²) in [6, 6.07) is 6.28. The van der Waals surface area contributed by atoms with Crippen molar-refractivity contribution in [3.05, 3.63) is 29.8 Å². The highest BCUT2D eigenvalue weighted by molar-refractivity contribution is 7.99. The average molecular weight is 239 g/mol. The third kappa shape index (κ3) is 3.44. The van der Waals surface area contributed by atoms with Gasteiger partial charge in [0.15, 0.2) is 0 Å². The van der Waals surface area contributed by atoms with Gasteiger partial charge >= 0.3 is 0 Å². The zero-order valence-corrected chi connectivity index (χ0v) is 8.73. The molecule has 1 atom stereocenters. The molecule has 0 aliphatic rings. The minimum Gasteiger partial charge on any atom is -0.387 e. The van der Waals surface area contributed by atoms with E-state index in [1.165, 1.54) is 0 Å². The van der Waals surface area contributed by atoms with Crippen molar-refractivity contribution in [1.29, 1.82) is 0 Å². The van der Waals surface area contributed by atoms with E-state index in [-0.39, 0.29) is 5.88 Å². The number of hydrogen-bond donors (Lipinski definition) is 1. The average Bonchev–Trinajstić information content (AvgIpc) is 2.17. The van der Waals surface area contributed by atoms with E-state index in [0.717, 1.165) is 0 Å². The second-order valence-electron chi connectivity index (χ2n) is 2.62. The van der Waals surface area contributed by atoms with Gasteiger partial charge < -0.3 is 5.11 Å². The van der Waals surface area contributed by atoms with Gasteiger partial charge in [-0.2, -0.15) is 8.78 Å². The Balaban J connectivity index is 2.68. The van der Waals surface area contributed by atoms with Crippen LogP contribution in [0.15, 0.2) is 29.2 Å².